The van der Waals surface area contributed by atoms with E-state index in [2.05, 4.69) is 14.6 Å². The molecule has 2 fully saturated rings. The summed E-state index contributed by atoms with van der Waals surface area (Å²) in [5.41, 5.74) is 8.45. The molecule has 9 heteroatoms. The molecule has 29 heavy (non-hydrogen) atoms. The van der Waals surface area contributed by atoms with Crippen LogP contribution in [-0.2, 0) is 16.6 Å². The van der Waals surface area contributed by atoms with Crippen molar-refractivity contribution in [2.24, 2.45) is 11.7 Å². The van der Waals surface area contributed by atoms with Crippen LogP contribution >= 0.6 is 11.6 Å². The average Bonchev–Trinajstić information content (AvgIpc) is 3.47. The van der Waals surface area contributed by atoms with Crippen molar-refractivity contribution in [1.82, 2.24) is 14.7 Å². The van der Waals surface area contributed by atoms with Crippen molar-refractivity contribution in [3.05, 3.63) is 40.5 Å². The highest BCUT2D eigenvalue weighted by Gasteiger charge is 2.35. The van der Waals surface area contributed by atoms with E-state index in [4.69, 9.17) is 22.3 Å². The largest absolute Gasteiger partial charge is 0.356 e. The number of aromatic nitrogens is 2. The van der Waals surface area contributed by atoms with Crippen LogP contribution in [0.2, 0.25) is 5.02 Å². The zero-order valence-electron chi connectivity index (χ0n) is 16.4. The highest BCUT2D eigenvalue weighted by Crippen LogP contribution is 2.30. The molecule has 1 unspecified atom stereocenters. The van der Waals surface area contributed by atoms with Crippen molar-refractivity contribution in [2.75, 3.05) is 24.5 Å². The first-order chi connectivity index (χ1) is 13.9. The molecule has 1 saturated carbocycles. The minimum atomic E-state index is -3.28. The van der Waals surface area contributed by atoms with Gasteiger partial charge in [0.1, 0.15) is 5.82 Å². The molecule has 0 amide bonds. The average molecular weight is 436 g/mol. The second kappa shape index (κ2) is 8.18. The van der Waals surface area contributed by atoms with Crippen molar-refractivity contribution in [3.63, 3.8) is 0 Å². The molecule has 156 valence electrons. The van der Waals surface area contributed by atoms with Gasteiger partial charge in [0, 0.05) is 42.0 Å². The zero-order valence-corrected chi connectivity index (χ0v) is 18.0. The van der Waals surface area contributed by atoms with Crippen LogP contribution in [0, 0.1) is 12.8 Å². The number of sulfonamides is 1. The van der Waals surface area contributed by atoms with Gasteiger partial charge in [0.25, 0.3) is 0 Å². The summed E-state index contributed by atoms with van der Waals surface area (Å²) in [6.07, 6.45) is 4.18. The minimum absolute atomic E-state index is 0.187. The van der Waals surface area contributed by atoms with Crippen LogP contribution in [0.25, 0.3) is 11.4 Å². The fraction of sp³-hybridized carbons (Fsp3) is 0.500. The van der Waals surface area contributed by atoms with Crippen LogP contribution in [0.3, 0.4) is 0 Å². The Hall–Kier alpha value is -1.74. The summed E-state index contributed by atoms with van der Waals surface area (Å²) in [4.78, 5) is 11.5. The SMILES string of the molecule is Cc1ccc(-c2ncc(CNS(=O)(=O)C3CC3)c(N3CCC(CN)C3)n2)cc1Cl. The van der Waals surface area contributed by atoms with E-state index in [0.717, 1.165) is 54.9 Å². The first kappa shape index (κ1) is 20.5. The molecular weight excluding hydrogens is 410 g/mol. The Bertz CT molecular complexity index is 1010. The van der Waals surface area contributed by atoms with Crippen molar-refractivity contribution < 1.29 is 8.42 Å². The summed E-state index contributed by atoms with van der Waals surface area (Å²) < 4.78 is 27.2. The number of nitrogens with zero attached hydrogens (tertiary/aromatic N) is 3. The van der Waals surface area contributed by atoms with Crippen LogP contribution < -0.4 is 15.4 Å². The molecular formula is C20H26ClN5O2S. The third-order valence-corrected chi connectivity index (χ3v) is 7.92. The Morgan fingerprint density at radius 2 is 2.10 bits per heavy atom. The lowest BCUT2D eigenvalue weighted by atomic mass is 10.1. The third-order valence-electron chi connectivity index (χ3n) is 5.62. The number of rotatable bonds is 7. The molecule has 1 aliphatic heterocycles. The van der Waals surface area contributed by atoms with Gasteiger partial charge in [-0.25, -0.2) is 23.1 Å². The highest BCUT2D eigenvalue weighted by molar-refractivity contribution is 7.90. The summed E-state index contributed by atoms with van der Waals surface area (Å²) in [5.74, 6) is 1.76. The summed E-state index contributed by atoms with van der Waals surface area (Å²) >= 11 is 6.28. The standard InChI is InChI=1S/C20H26ClN5O2S/c1-13-2-3-15(8-18(13)21)19-23-10-16(11-24-29(27,28)17-4-5-17)20(25-19)26-7-6-14(9-22)12-26/h2-3,8,10,14,17,24H,4-7,9,11-12,22H2,1H3. The normalized spacial score (nSPS) is 19.7. The van der Waals surface area contributed by atoms with Crippen LogP contribution in [0.1, 0.15) is 30.4 Å². The maximum absolute atomic E-state index is 12.3. The Labute approximate surface area is 176 Å². The molecule has 2 aromatic rings. The Morgan fingerprint density at radius 1 is 1.31 bits per heavy atom. The fourth-order valence-corrected chi connectivity index (χ4v) is 5.09. The number of nitrogens with two attached hydrogens (primary N) is 1. The van der Waals surface area contributed by atoms with Gasteiger partial charge in [0.2, 0.25) is 10.0 Å². The van der Waals surface area contributed by atoms with Crippen molar-refractivity contribution in [2.45, 2.75) is 38.0 Å². The summed E-state index contributed by atoms with van der Waals surface area (Å²) in [6, 6.07) is 5.75. The highest BCUT2D eigenvalue weighted by atomic mass is 35.5. The molecule has 1 aromatic carbocycles. The fourth-order valence-electron chi connectivity index (χ4n) is 3.56. The van der Waals surface area contributed by atoms with E-state index in [1.165, 1.54) is 0 Å². The number of halogens is 1. The molecule has 0 bridgehead atoms. The van der Waals surface area contributed by atoms with Gasteiger partial charge in [-0.15, -0.1) is 0 Å². The van der Waals surface area contributed by atoms with Crippen molar-refractivity contribution >= 4 is 27.4 Å². The first-order valence-corrected chi connectivity index (χ1v) is 11.9. The molecule has 3 N–H and O–H groups in total. The number of hydrogen-bond donors (Lipinski definition) is 2. The smallest absolute Gasteiger partial charge is 0.214 e. The van der Waals surface area contributed by atoms with Gasteiger partial charge in [0.05, 0.1) is 5.25 Å². The lowest BCUT2D eigenvalue weighted by Crippen LogP contribution is -2.29. The van der Waals surface area contributed by atoms with E-state index in [0.29, 0.717) is 23.3 Å². The van der Waals surface area contributed by atoms with E-state index in [1.807, 2.05) is 25.1 Å². The monoisotopic (exact) mass is 435 g/mol. The van der Waals surface area contributed by atoms with E-state index in [1.54, 1.807) is 6.20 Å². The number of benzene rings is 1. The molecule has 1 aromatic heterocycles. The minimum Gasteiger partial charge on any atom is -0.356 e. The predicted octanol–water partition coefficient (Wildman–Crippen LogP) is 2.47. The molecule has 0 radical (unpaired) electrons. The number of nitrogens with one attached hydrogen (secondary N) is 1. The predicted molar refractivity (Wildman–Crippen MR) is 115 cm³/mol. The van der Waals surface area contributed by atoms with Gasteiger partial charge < -0.3 is 10.6 Å². The van der Waals surface area contributed by atoms with E-state index < -0.39 is 10.0 Å². The Morgan fingerprint density at radius 3 is 2.76 bits per heavy atom. The third kappa shape index (κ3) is 4.55. The molecule has 2 heterocycles. The maximum atomic E-state index is 12.3. The van der Waals surface area contributed by atoms with Crippen molar-refractivity contribution in [1.29, 1.82) is 0 Å². The van der Waals surface area contributed by atoms with Crippen molar-refractivity contribution in [3.8, 4) is 11.4 Å². The molecule has 4 rings (SSSR count). The van der Waals surface area contributed by atoms with Gasteiger partial charge >= 0.3 is 0 Å². The molecule has 2 aliphatic rings. The van der Waals surface area contributed by atoms with Gasteiger partial charge in [-0.2, -0.15) is 0 Å². The van der Waals surface area contributed by atoms with Gasteiger partial charge in [0.15, 0.2) is 5.82 Å². The second-order valence-electron chi connectivity index (χ2n) is 7.91. The lowest BCUT2D eigenvalue weighted by Gasteiger charge is -2.21. The Balaban J connectivity index is 1.65. The van der Waals surface area contributed by atoms with E-state index in [9.17, 15) is 8.42 Å². The van der Waals surface area contributed by atoms with E-state index in [-0.39, 0.29) is 11.8 Å². The van der Waals surface area contributed by atoms with Gasteiger partial charge in [-0.05, 0) is 50.3 Å². The quantitative estimate of drug-likeness (QED) is 0.692. The zero-order chi connectivity index (χ0) is 20.6. The number of anilines is 1. The van der Waals surface area contributed by atoms with Crippen LogP contribution in [0.5, 0.6) is 0 Å². The summed E-state index contributed by atoms with van der Waals surface area (Å²) in [6.45, 7) is 4.42. The molecule has 7 nitrogen and oxygen atoms in total. The maximum Gasteiger partial charge on any atom is 0.214 e. The first-order valence-electron chi connectivity index (χ1n) is 9.93. The van der Waals surface area contributed by atoms with E-state index >= 15 is 0 Å². The van der Waals surface area contributed by atoms with Gasteiger partial charge in [-0.3, -0.25) is 0 Å². The molecule has 1 atom stereocenters. The summed E-state index contributed by atoms with van der Waals surface area (Å²) in [7, 11) is -3.28. The van der Waals surface area contributed by atoms with Crippen LogP contribution in [0.15, 0.2) is 24.4 Å². The summed E-state index contributed by atoms with van der Waals surface area (Å²) in [5, 5.41) is 0.410. The van der Waals surface area contributed by atoms with Crippen LogP contribution in [-0.4, -0.2) is 43.3 Å². The van der Waals surface area contributed by atoms with Crippen LogP contribution in [0.4, 0.5) is 5.82 Å². The number of aryl methyl sites for hydroxylation is 1. The van der Waals surface area contributed by atoms with Gasteiger partial charge in [-0.1, -0.05) is 23.7 Å². The number of hydrogen-bond acceptors (Lipinski definition) is 6. The topological polar surface area (TPSA) is 101 Å². The Kier molecular flexibility index (Phi) is 5.79. The molecule has 1 aliphatic carbocycles. The lowest BCUT2D eigenvalue weighted by molar-refractivity contribution is 0.579. The molecule has 0 spiro atoms. The second-order valence-corrected chi connectivity index (χ2v) is 10.4. The molecule has 1 saturated heterocycles.